The number of hydrogen-bond acceptors (Lipinski definition) is 5. The van der Waals surface area contributed by atoms with E-state index >= 15 is 0 Å². The molecule has 0 spiro atoms. The van der Waals surface area contributed by atoms with Crippen LogP contribution in [0.5, 0.6) is 0 Å². The molecule has 0 radical (unpaired) electrons. The van der Waals surface area contributed by atoms with Gasteiger partial charge in [-0.3, -0.25) is 0 Å². The highest BCUT2D eigenvalue weighted by Crippen LogP contribution is 2.39. The zero-order valence-corrected chi connectivity index (χ0v) is 10.4. The molecule has 1 heterocycles. The Hall–Kier alpha value is -0.940. The smallest absolute Gasteiger partial charge is 0.234 e. The standard InChI is InChI=1S/C12H21N3O2/c1-2-16-8-5-10-14-11(17-15-10)12(9-13)6-3-4-7-12/h2-9,13H2,1H3. The summed E-state index contributed by atoms with van der Waals surface area (Å²) in [6.45, 7) is 3.94. The van der Waals surface area contributed by atoms with E-state index in [1.807, 2.05) is 6.92 Å². The third-order valence-electron chi connectivity index (χ3n) is 3.55. The van der Waals surface area contributed by atoms with Gasteiger partial charge in [-0.25, -0.2) is 0 Å². The molecule has 1 aliphatic rings. The maximum atomic E-state index is 5.88. The van der Waals surface area contributed by atoms with Gasteiger partial charge in [-0.2, -0.15) is 4.98 Å². The van der Waals surface area contributed by atoms with Crippen molar-refractivity contribution in [2.75, 3.05) is 19.8 Å². The van der Waals surface area contributed by atoms with Gasteiger partial charge >= 0.3 is 0 Å². The van der Waals surface area contributed by atoms with Crippen LogP contribution in [0.3, 0.4) is 0 Å². The van der Waals surface area contributed by atoms with Gasteiger partial charge in [0, 0.05) is 19.6 Å². The van der Waals surface area contributed by atoms with Gasteiger partial charge < -0.3 is 15.0 Å². The second-order valence-electron chi connectivity index (χ2n) is 4.65. The topological polar surface area (TPSA) is 74.2 Å². The molecule has 0 bridgehead atoms. The number of aromatic nitrogens is 2. The van der Waals surface area contributed by atoms with Crippen molar-refractivity contribution in [2.45, 2.75) is 44.4 Å². The Morgan fingerprint density at radius 2 is 2.18 bits per heavy atom. The lowest BCUT2D eigenvalue weighted by atomic mass is 9.86. The van der Waals surface area contributed by atoms with Crippen LogP contribution in [0.1, 0.15) is 44.3 Å². The lowest BCUT2D eigenvalue weighted by Gasteiger charge is -2.21. The van der Waals surface area contributed by atoms with Crippen LogP contribution in [0, 0.1) is 0 Å². The summed E-state index contributed by atoms with van der Waals surface area (Å²) in [6.07, 6.45) is 5.24. The van der Waals surface area contributed by atoms with Gasteiger partial charge in [-0.15, -0.1) is 0 Å². The molecule has 1 fully saturated rings. The summed E-state index contributed by atoms with van der Waals surface area (Å²) in [5.74, 6) is 1.46. The van der Waals surface area contributed by atoms with Gasteiger partial charge in [0.15, 0.2) is 5.82 Å². The van der Waals surface area contributed by atoms with E-state index in [1.54, 1.807) is 0 Å². The minimum atomic E-state index is -0.0587. The molecule has 2 rings (SSSR count). The van der Waals surface area contributed by atoms with Crippen molar-refractivity contribution in [3.05, 3.63) is 11.7 Å². The molecule has 0 saturated heterocycles. The number of ether oxygens (including phenoxy) is 1. The molecule has 0 aliphatic heterocycles. The second-order valence-corrected chi connectivity index (χ2v) is 4.65. The Labute approximate surface area is 102 Å². The Morgan fingerprint density at radius 3 is 2.82 bits per heavy atom. The van der Waals surface area contributed by atoms with E-state index < -0.39 is 0 Å². The molecule has 0 unspecified atom stereocenters. The number of hydrogen-bond donors (Lipinski definition) is 1. The molecule has 96 valence electrons. The van der Waals surface area contributed by atoms with Crippen LogP contribution in [0.2, 0.25) is 0 Å². The molecule has 0 amide bonds. The van der Waals surface area contributed by atoms with Crippen LogP contribution in [0.25, 0.3) is 0 Å². The van der Waals surface area contributed by atoms with Crippen molar-refractivity contribution in [2.24, 2.45) is 5.73 Å². The molecule has 17 heavy (non-hydrogen) atoms. The summed E-state index contributed by atoms with van der Waals surface area (Å²) in [7, 11) is 0. The molecule has 2 N–H and O–H groups in total. The molecule has 1 aromatic rings. The maximum Gasteiger partial charge on any atom is 0.234 e. The van der Waals surface area contributed by atoms with Gasteiger partial charge in [0.25, 0.3) is 0 Å². The van der Waals surface area contributed by atoms with E-state index in [-0.39, 0.29) is 5.41 Å². The third kappa shape index (κ3) is 2.66. The summed E-state index contributed by atoms with van der Waals surface area (Å²) in [5.41, 5.74) is 5.82. The summed E-state index contributed by atoms with van der Waals surface area (Å²) in [6, 6.07) is 0. The van der Waals surface area contributed by atoms with E-state index in [2.05, 4.69) is 10.1 Å². The van der Waals surface area contributed by atoms with Crippen molar-refractivity contribution < 1.29 is 9.26 Å². The average Bonchev–Trinajstić information content (AvgIpc) is 2.98. The number of nitrogens with zero attached hydrogens (tertiary/aromatic N) is 2. The van der Waals surface area contributed by atoms with Gasteiger partial charge in [0.05, 0.1) is 12.0 Å². The van der Waals surface area contributed by atoms with Crippen LogP contribution in [0.4, 0.5) is 0 Å². The maximum absolute atomic E-state index is 5.88. The first-order valence-corrected chi connectivity index (χ1v) is 6.41. The van der Waals surface area contributed by atoms with E-state index in [1.165, 1.54) is 12.8 Å². The summed E-state index contributed by atoms with van der Waals surface area (Å²) >= 11 is 0. The van der Waals surface area contributed by atoms with Crippen molar-refractivity contribution in [1.29, 1.82) is 0 Å². The van der Waals surface area contributed by atoms with Crippen LogP contribution in [-0.4, -0.2) is 29.9 Å². The average molecular weight is 239 g/mol. The molecule has 5 heteroatoms. The largest absolute Gasteiger partial charge is 0.381 e. The van der Waals surface area contributed by atoms with Crippen molar-refractivity contribution in [3.63, 3.8) is 0 Å². The predicted molar refractivity (Wildman–Crippen MR) is 63.7 cm³/mol. The minimum Gasteiger partial charge on any atom is -0.381 e. The summed E-state index contributed by atoms with van der Waals surface area (Å²) in [4.78, 5) is 4.47. The Kier molecular flexibility index (Phi) is 4.12. The predicted octanol–water partition coefficient (Wildman–Crippen LogP) is 1.42. The fraction of sp³-hybridized carbons (Fsp3) is 0.833. The Balaban J connectivity index is 2.01. The molecular weight excluding hydrogens is 218 g/mol. The fourth-order valence-electron chi connectivity index (χ4n) is 2.44. The molecule has 0 aromatic carbocycles. The van der Waals surface area contributed by atoms with Crippen molar-refractivity contribution >= 4 is 0 Å². The van der Waals surface area contributed by atoms with E-state index in [0.717, 1.165) is 31.2 Å². The lowest BCUT2D eigenvalue weighted by Crippen LogP contribution is -2.32. The number of nitrogens with two attached hydrogens (primary N) is 1. The first kappa shape index (κ1) is 12.5. The number of rotatable bonds is 6. The summed E-state index contributed by atoms with van der Waals surface area (Å²) in [5, 5.41) is 4.00. The van der Waals surface area contributed by atoms with Crippen LogP contribution >= 0.6 is 0 Å². The molecule has 1 saturated carbocycles. The summed E-state index contributed by atoms with van der Waals surface area (Å²) < 4.78 is 10.7. The molecule has 0 atom stereocenters. The van der Waals surface area contributed by atoms with E-state index in [0.29, 0.717) is 19.6 Å². The van der Waals surface area contributed by atoms with E-state index in [4.69, 9.17) is 15.0 Å². The quantitative estimate of drug-likeness (QED) is 0.760. The molecule has 1 aliphatic carbocycles. The molecule has 5 nitrogen and oxygen atoms in total. The second kappa shape index (κ2) is 5.60. The van der Waals surface area contributed by atoms with Crippen LogP contribution in [0.15, 0.2) is 4.52 Å². The van der Waals surface area contributed by atoms with Gasteiger partial charge in [0.1, 0.15) is 0 Å². The zero-order valence-electron chi connectivity index (χ0n) is 10.4. The Morgan fingerprint density at radius 1 is 1.41 bits per heavy atom. The van der Waals surface area contributed by atoms with Gasteiger partial charge in [-0.1, -0.05) is 18.0 Å². The third-order valence-corrected chi connectivity index (χ3v) is 3.55. The SMILES string of the molecule is CCOCCc1noc(C2(CN)CCCC2)n1. The fourth-order valence-corrected chi connectivity index (χ4v) is 2.44. The first-order valence-electron chi connectivity index (χ1n) is 6.41. The first-order chi connectivity index (χ1) is 8.30. The van der Waals surface area contributed by atoms with Crippen LogP contribution < -0.4 is 5.73 Å². The van der Waals surface area contributed by atoms with Crippen LogP contribution in [-0.2, 0) is 16.6 Å². The Bertz CT molecular complexity index is 345. The lowest BCUT2D eigenvalue weighted by molar-refractivity contribution is 0.149. The van der Waals surface area contributed by atoms with E-state index in [9.17, 15) is 0 Å². The van der Waals surface area contributed by atoms with Gasteiger partial charge in [-0.05, 0) is 19.8 Å². The normalized spacial score (nSPS) is 18.7. The minimum absolute atomic E-state index is 0.0587. The molecule has 1 aromatic heterocycles. The van der Waals surface area contributed by atoms with Gasteiger partial charge in [0.2, 0.25) is 5.89 Å². The van der Waals surface area contributed by atoms with Crippen molar-refractivity contribution in [1.82, 2.24) is 10.1 Å². The highest BCUT2D eigenvalue weighted by Gasteiger charge is 2.39. The molecular formula is C12H21N3O2. The monoisotopic (exact) mass is 239 g/mol. The zero-order chi connectivity index (χ0) is 12.1. The highest BCUT2D eigenvalue weighted by atomic mass is 16.5. The van der Waals surface area contributed by atoms with Crippen molar-refractivity contribution in [3.8, 4) is 0 Å². The highest BCUT2D eigenvalue weighted by molar-refractivity contribution is 5.09.